The topological polar surface area (TPSA) is 58.6 Å². The van der Waals surface area contributed by atoms with Gasteiger partial charge in [0.25, 0.3) is 0 Å². The van der Waals surface area contributed by atoms with Crippen molar-refractivity contribution in [1.82, 2.24) is 5.48 Å². The maximum absolute atomic E-state index is 10.7. The maximum atomic E-state index is 10.7. The van der Waals surface area contributed by atoms with Crippen LogP contribution in [0.3, 0.4) is 0 Å². The van der Waals surface area contributed by atoms with Crippen molar-refractivity contribution in [3.05, 3.63) is 23.5 Å². The van der Waals surface area contributed by atoms with E-state index in [-0.39, 0.29) is 0 Å². The summed E-state index contributed by atoms with van der Waals surface area (Å²) in [6.45, 7) is 0. The molecule has 2 aliphatic rings. The van der Waals surface area contributed by atoms with Crippen LogP contribution in [-0.2, 0) is 9.63 Å². The van der Waals surface area contributed by atoms with Crippen LogP contribution in [0.25, 0.3) is 0 Å². The van der Waals surface area contributed by atoms with Crippen LogP contribution in [0.1, 0.15) is 12.8 Å². The molecular formula is C8H9NO3. The molecule has 0 spiro atoms. The van der Waals surface area contributed by atoms with Gasteiger partial charge in [0.05, 0.1) is 0 Å². The van der Waals surface area contributed by atoms with E-state index >= 15 is 0 Å². The van der Waals surface area contributed by atoms with Gasteiger partial charge in [-0.3, -0.25) is 4.79 Å². The molecule has 0 fully saturated rings. The second kappa shape index (κ2) is 2.64. The fourth-order valence-corrected chi connectivity index (χ4v) is 1.44. The predicted molar refractivity (Wildman–Crippen MR) is 41.0 cm³/mol. The highest BCUT2D eigenvalue weighted by Gasteiger charge is 2.32. The molecule has 1 atom stereocenters. The summed E-state index contributed by atoms with van der Waals surface area (Å²) in [5.74, 6) is -0.205. The molecule has 0 amide bonds. The lowest BCUT2D eigenvalue weighted by Crippen LogP contribution is -2.32. The van der Waals surface area contributed by atoms with E-state index in [1.54, 1.807) is 0 Å². The fourth-order valence-electron chi connectivity index (χ4n) is 1.44. The predicted octanol–water partition coefficient (Wildman–Crippen LogP) is 0.578. The highest BCUT2D eigenvalue weighted by Crippen LogP contribution is 2.27. The molecule has 12 heavy (non-hydrogen) atoms. The maximum Gasteiger partial charge on any atom is 0.328 e. The first kappa shape index (κ1) is 7.36. The van der Waals surface area contributed by atoms with Gasteiger partial charge >= 0.3 is 5.97 Å². The molecule has 0 aromatic heterocycles. The molecular weight excluding hydrogens is 158 g/mol. The van der Waals surface area contributed by atoms with Crippen LogP contribution in [0.2, 0.25) is 0 Å². The number of carboxylic acids is 1. The fraction of sp³-hybridized carbons (Fsp3) is 0.375. The molecule has 0 bridgehead atoms. The molecule has 1 unspecified atom stereocenters. The average Bonchev–Trinajstić information content (AvgIpc) is 2.47. The van der Waals surface area contributed by atoms with E-state index in [1.807, 2.05) is 12.2 Å². The number of allylic oxidation sites excluding steroid dienone is 2. The lowest BCUT2D eigenvalue weighted by molar-refractivity contribution is -0.140. The third-order valence-electron chi connectivity index (χ3n) is 2.05. The van der Waals surface area contributed by atoms with Crippen LogP contribution < -0.4 is 5.48 Å². The SMILES string of the molecule is O=C(O)C1NOC2=C1CCC=C2. The second-order valence-electron chi connectivity index (χ2n) is 2.82. The molecule has 0 aromatic rings. The Morgan fingerprint density at radius 1 is 1.75 bits per heavy atom. The molecule has 4 heteroatoms. The van der Waals surface area contributed by atoms with E-state index in [2.05, 4.69) is 5.48 Å². The average molecular weight is 167 g/mol. The monoisotopic (exact) mass is 167 g/mol. The summed E-state index contributed by atoms with van der Waals surface area (Å²) in [5.41, 5.74) is 3.33. The van der Waals surface area contributed by atoms with Crippen molar-refractivity contribution >= 4 is 5.97 Å². The lowest BCUT2D eigenvalue weighted by Gasteiger charge is -2.07. The van der Waals surface area contributed by atoms with E-state index in [0.29, 0.717) is 5.76 Å². The molecule has 4 nitrogen and oxygen atoms in total. The van der Waals surface area contributed by atoms with Gasteiger partial charge in [0.1, 0.15) is 5.76 Å². The Balaban J connectivity index is 2.27. The summed E-state index contributed by atoms with van der Waals surface area (Å²) in [7, 11) is 0. The number of carbonyl (C=O) groups is 1. The molecule has 64 valence electrons. The normalized spacial score (nSPS) is 26.8. The first-order valence-electron chi connectivity index (χ1n) is 3.84. The van der Waals surface area contributed by atoms with Crippen molar-refractivity contribution in [3.63, 3.8) is 0 Å². The van der Waals surface area contributed by atoms with Gasteiger partial charge in [0, 0.05) is 5.57 Å². The van der Waals surface area contributed by atoms with E-state index < -0.39 is 12.0 Å². The van der Waals surface area contributed by atoms with Crippen LogP contribution in [0.4, 0.5) is 0 Å². The van der Waals surface area contributed by atoms with Gasteiger partial charge in [-0.05, 0) is 18.9 Å². The Morgan fingerprint density at radius 2 is 2.58 bits per heavy atom. The zero-order chi connectivity index (χ0) is 8.55. The van der Waals surface area contributed by atoms with Crippen LogP contribution in [0.5, 0.6) is 0 Å². The second-order valence-corrected chi connectivity index (χ2v) is 2.82. The van der Waals surface area contributed by atoms with E-state index in [1.165, 1.54) is 0 Å². The number of carboxylic acid groups (broad SMARTS) is 1. The quantitative estimate of drug-likeness (QED) is 0.599. The van der Waals surface area contributed by atoms with Crippen molar-refractivity contribution in [2.24, 2.45) is 0 Å². The molecule has 0 saturated carbocycles. The standard InChI is InChI=1S/C8H9NO3/c10-8(11)7-5-3-1-2-4-6(5)12-9-7/h2,4,7,9H,1,3H2,(H,10,11). The van der Waals surface area contributed by atoms with Crippen molar-refractivity contribution in [2.75, 3.05) is 0 Å². The summed E-state index contributed by atoms with van der Waals surface area (Å²) in [4.78, 5) is 15.6. The number of aliphatic carboxylic acids is 1. The number of hydrogen-bond donors (Lipinski definition) is 2. The summed E-state index contributed by atoms with van der Waals surface area (Å²) in [5, 5.41) is 8.75. The van der Waals surface area contributed by atoms with Gasteiger partial charge in [-0.25, -0.2) is 0 Å². The summed E-state index contributed by atoms with van der Waals surface area (Å²) < 4.78 is 0. The highest BCUT2D eigenvalue weighted by atomic mass is 16.7. The highest BCUT2D eigenvalue weighted by molar-refractivity contribution is 5.78. The largest absolute Gasteiger partial charge is 0.480 e. The summed E-state index contributed by atoms with van der Waals surface area (Å²) in [6, 6.07) is -0.648. The number of rotatable bonds is 1. The minimum absolute atomic E-state index is 0.648. The number of nitrogens with one attached hydrogen (secondary N) is 1. The Morgan fingerprint density at radius 3 is 3.33 bits per heavy atom. The summed E-state index contributed by atoms with van der Waals surface area (Å²) >= 11 is 0. The first-order chi connectivity index (χ1) is 5.79. The van der Waals surface area contributed by atoms with Gasteiger partial charge in [-0.1, -0.05) is 6.08 Å². The first-order valence-corrected chi connectivity index (χ1v) is 3.84. The van der Waals surface area contributed by atoms with Gasteiger partial charge in [-0.2, -0.15) is 0 Å². The van der Waals surface area contributed by atoms with Crippen molar-refractivity contribution < 1.29 is 14.7 Å². The minimum atomic E-state index is -0.879. The van der Waals surface area contributed by atoms with Crippen LogP contribution in [0, 0.1) is 0 Å². The van der Waals surface area contributed by atoms with E-state index in [9.17, 15) is 4.79 Å². The molecule has 2 rings (SSSR count). The number of hydrogen-bond acceptors (Lipinski definition) is 3. The lowest BCUT2D eigenvalue weighted by atomic mass is 9.98. The Kier molecular flexibility index (Phi) is 1.62. The Hall–Kier alpha value is -1.29. The van der Waals surface area contributed by atoms with Crippen molar-refractivity contribution in [2.45, 2.75) is 18.9 Å². The minimum Gasteiger partial charge on any atom is -0.480 e. The van der Waals surface area contributed by atoms with Crippen molar-refractivity contribution in [1.29, 1.82) is 0 Å². The third-order valence-corrected chi connectivity index (χ3v) is 2.05. The molecule has 2 N–H and O–H groups in total. The van der Waals surface area contributed by atoms with Gasteiger partial charge in [0.15, 0.2) is 6.04 Å². The molecule has 1 heterocycles. The van der Waals surface area contributed by atoms with E-state index in [4.69, 9.17) is 9.94 Å². The summed E-state index contributed by atoms with van der Waals surface area (Å²) in [6.07, 6.45) is 5.46. The van der Waals surface area contributed by atoms with Crippen LogP contribution >= 0.6 is 0 Å². The van der Waals surface area contributed by atoms with Crippen LogP contribution in [0.15, 0.2) is 23.5 Å². The van der Waals surface area contributed by atoms with Crippen LogP contribution in [-0.4, -0.2) is 17.1 Å². The van der Waals surface area contributed by atoms with Crippen molar-refractivity contribution in [3.8, 4) is 0 Å². The molecule has 1 aliphatic heterocycles. The molecule has 0 aromatic carbocycles. The molecule has 0 radical (unpaired) electrons. The molecule has 0 saturated heterocycles. The zero-order valence-electron chi connectivity index (χ0n) is 6.41. The smallest absolute Gasteiger partial charge is 0.328 e. The number of hydroxylamine groups is 1. The molecule has 1 aliphatic carbocycles. The third kappa shape index (κ3) is 1.00. The Bertz CT molecular complexity index is 280. The van der Waals surface area contributed by atoms with Gasteiger partial charge < -0.3 is 9.94 Å². The van der Waals surface area contributed by atoms with E-state index in [0.717, 1.165) is 18.4 Å². The Labute approximate surface area is 69.5 Å². The zero-order valence-corrected chi connectivity index (χ0v) is 6.41. The van der Waals surface area contributed by atoms with Gasteiger partial charge in [-0.15, -0.1) is 5.48 Å². The van der Waals surface area contributed by atoms with Gasteiger partial charge in [0.2, 0.25) is 0 Å².